The van der Waals surface area contributed by atoms with Crippen LogP contribution in [0.1, 0.15) is 94.9 Å². The molecule has 2 amide bonds. The monoisotopic (exact) mass is 439 g/mol. The molecule has 0 aromatic carbocycles. The van der Waals surface area contributed by atoms with Gasteiger partial charge in [0.2, 0.25) is 5.91 Å². The molecule has 1 saturated heterocycles. The Morgan fingerprint density at radius 2 is 1.68 bits per heavy atom. The minimum absolute atomic E-state index is 0.00343. The largest absolute Gasteiger partial charge is 0.444 e. The van der Waals surface area contributed by atoms with Gasteiger partial charge in [0.05, 0.1) is 6.04 Å². The summed E-state index contributed by atoms with van der Waals surface area (Å²) in [5.74, 6) is 0.0817. The Balaban J connectivity index is 2.67. The first kappa shape index (κ1) is 27.4. The second-order valence-corrected chi connectivity index (χ2v) is 11.7. The average Bonchev–Trinajstić information content (AvgIpc) is 2.48. The van der Waals surface area contributed by atoms with Crippen LogP contribution in [-0.4, -0.2) is 51.0 Å². The Hall–Kier alpha value is -1.60. The van der Waals surface area contributed by atoms with Gasteiger partial charge >= 0.3 is 6.09 Å². The second kappa shape index (κ2) is 10.3. The van der Waals surface area contributed by atoms with E-state index < -0.39 is 22.8 Å². The third-order valence-electron chi connectivity index (χ3n) is 5.43. The molecule has 2 atom stereocenters. The van der Waals surface area contributed by atoms with Gasteiger partial charge in [0, 0.05) is 23.5 Å². The first-order valence-corrected chi connectivity index (χ1v) is 11.3. The number of carbonyl (C=O) groups is 2. The van der Waals surface area contributed by atoms with E-state index in [2.05, 4.69) is 10.6 Å². The van der Waals surface area contributed by atoms with E-state index in [1.165, 1.54) is 5.06 Å². The Bertz CT molecular complexity index is 642. The molecule has 2 unspecified atom stereocenters. The van der Waals surface area contributed by atoms with Crippen LogP contribution in [0.5, 0.6) is 0 Å². The van der Waals surface area contributed by atoms with Crippen LogP contribution in [0, 0.1) is 5.92 Å². The van der Waals surface area contributed by atoms with E-state index in [0.717, 1.165) is 5.57 Å². The Morgan fingerprint density at radius 1 is 1.16 bits per heavy atom. The third kappa shape index (κ3) is 9.60. The summed E-state index contributed by atoms with van der Waals surface area (Å²) < 4.78 is 5.38. The zero-order chi connectivity index (χ0) is 24.2. The zero-order valence-corrected chi connectivity index (χ0v) is 21.3. The molecule has 1 aliphatic rings. The van der Waals surface area contributed by atoms with Crippen molar-refractivity contribution in [1.82, 2.24) is 15.7 Å². The van der Waals surface area contributed by atoms with Gasteiger partial charge in [0.25, 0.3) is 0 Å². The number of hydrogen-bond donors (Lipinski definition) is 3. The number of amides is 2. The molecule has 0 radical (unpaired) electrons. The van der Waals surface area contributed by atoms with Crippen LogP contribution in [0.3, 0.4) is 0 Å². The molecule has 0 saturated carbocycles. The predicted octanol–water partition coefficient (Wildman–Crippen LogP) is 4.79. The molecule has 180 valence electrons. The first-order valence-electron chi connectivity index (χ1n) is 11.3. The predicted molar refractivity (Wildman–Crippen MR) is 124 cm³/mol. The number of nitrogens with one attached hydrogen (secondary N) is 2. The SMILES string of the molecule is CC(C)=CC(CC(C)CC(=O)NC1CC(C)(C)N(O)C(C)(C)C1)NC(=O)OC(C)(C)C. The van der Waals surface area contributed by atoms with Gasteiger partial charge in [-0.15, -0.1) is 0 Å². The number of hydrogen-bond acceptors (Lipinski definition) is 5. The number of nitrogens with zero attached hydrogens (tertiary/aromatic N) is 1. The van der Waals surface area contributed by atoms with E-state index >= 15 is 0 Å². The third-order valence-corrected chi connectivity index (χ3v) is 5.43. The normalized spacial score (nSPS) is 21.0. The number of carbonyl (C=O) groups excluding carboxylic acids is 2. The van der Waals surface area contributed by atoms with E-state index in [1.54, 1.807) is 0 Å². The molecule has 1 heterocycles. The average molecular weight is 440 g/mol. The van der Waals surface area contributed by atoms with Crippen molar-refractivity contribution >= 4 is 12.0 Å². The number of alkyl carbamates (subject to hydrolysis) is 1. The van der Waals surface area contributed by atoms with Crippen LogP contribution in [0.2, 0.25) is 0 Å². The van der Waals surface area contributed by atoms with Gasteiger partial charge in [0.15, 0.2) is 0 Å². The van der Waals surface area contributed by atoms with Crippen LogP contribution >= 0.6 is 0 Å². The maximum atomic E-state index is 12.7. The highest BCUT2D eigenvalue weighted by Gasteiger charge is 2.45. The van der Waals surface area contributed by atoms with Gasteiger partial charge < -0.3 is 20.6 Å². The van der Waals surface area contributed by atoms with Crippen molar-refractivity contribution in [2.24, 2.45) is 5.92 Å². The summed E-state index contributed by atoms with van der Waals surface area (Å²) in [5, 5.41) is 17.9. The van der Waals surface area contributed by atoms with Crippen molar-refractivity contribution in [2.45, 2.75) is 124 Å². The number of ether oxygens (including phenoxy) is 1. The molecule has 7 heteroatoms. The topological polar surface area (TPSA) is 90.9 Å². The van der Waals surface area contributed by atoms with Gasteiger partial charge in [-0.05, 0) is 87.5 Å². The molecule has 31 heavy (non-hydrogen) atoms. The summed E-state index contributed by atoms with van der Waals surface area (Å²) in [5.41, 5.74) is -0.275. The second-order valence-electron chi connectivity index (χ2n) is 11.7. The molecule has 0 aromatic heterocycles. The summed E-state index contributed by atoms with van der Waals surface area (Å²) in [7, 11) is 0. The van der Waals surface area contributed by atoms with Crippen molar-refractivity contribution in [3.63, 3.8) is 0 Å². The van der Waals surface area contributed by atoms with Crippen LogP contribution in [-0.2, 0) is 9.53 Å². The lowest BCUT2D eigenvalue weighted by Crippen LogP contribution is -2.63. The number of hydroxylamine groups is 2. The lowest BCUT2D eigenvalue weighted by Gasteiger charge is -2.51. The van der Waals surface area contributed by atoms with Crippen LogP contribution < -0.4 is 10.6 Å². The van der Waals surface area contributed by atoms with Gasteiger partial charge in [-0.2, -0.15) is 5.06 Å². The molecular formula is C24H45N3O4. The molecule has 3 N–H and O–H groups in total. The Morgan fingerprint density at radius 3 is 2.13 bits per heavy atom. The van der Waals surface area contributed by atoms with E-state index in [4.69, 9.17) is 4.74 Å². The van der Waals surface area contributed by atoms with Crippen molar-refractivity contribution in [3.05, 3.63) is 11.6 Å². The lowest BCUT2D eigenvalue weighted by molar-refractivity contribution is -0.246. The van der Waals surface area contributed by atoms with Gasteiger partial charge in [-0.3, -0.25) is 4.79 Å². The summed E-state index contributed by atoms with van der Waals surface area (Å²) >= 11 is 0. The first-order chi connectivity index (χ1) is 13.9. The molecule has 0 aliphatic carbocycles. The Kier molecular flexibility index (Phi) is 9.15. The molecule has 0 spiro atoms. The zero-order valence-electron chi connectivity index (χ0n) is 21.3. The minimum atomic E-state index is -0.559. The lowest BCUT2D eigenvalue weighted by atomic mass is 9.79. The van der Waals surface area contributed by atoms with E-state index in [1.807, 2.05) is 75.3 Å². The summed E-state index contributed by atoms with van der Waals surface area (Å²) in [6.07, 6.45) is 3.95. The van der Waals surface area contributed by atoms with Crippen molar-refractivity contribution in [3.8, 4) is 0 Å². The van der Waals surface area contributed by atoms with Gasteiger partial charge in [-0.1, -0.05) is 18.6 Å². The highest BCUT2D eigenvalue weighted by molar-refractivity contribution is 5.76. The molecule has 1 aliphatic heterocycles. The Labute approximate surface area is 188 Å². The standard InChI is InChI=1S/C24H45N3O4/c1-16(2)11-18(26-21(29)31-22(4,5)6)12-17(3)13-20(28)25-19-14-23(7,8)27(30)24(9,10)15-19/h11,17-19,30H,12-15H2,1-10H3,(H,25,28)(H,26,29). The van der Waals surface area contributed by atoms with Gasteiger partial charge in [-0.25, -0.2) is 4.79 Å². The van der Waals surface area contributed by atoms with Crippen molar-refractivity contribution in [1.29, 1.82) is 0 Å². The van der Waals surface area contributed by atoms with Gasteiger partial charge in [0.1, 0.15) is 5.60 Å². The highest BCUT2D eigenvalue weighted by Crippen LogP contribution is 2.36. The summed E-state index contributed by atoms with van der Waals surface area (Å²) in [4.78, 5) is 24.9. The van der Waals surface area contributed by atoms with E-state index in [-0.39, 0.29) is 23.9 Å². The number of allylic oxidation sites excluding steroid dienone is 1. The maximum Gasteiger partial charge on any atom is 0.408 e. The molecule has 1 fully saturated rings. The number of piperidine rings is 1. The van der Waals surface area contributed by atoms with E-state index in [9.17, 15) is 14.8 Å². The summed E-state index contributed by atoms with van der Waals surface area (Å²) in [6, 6.07) is -0.181. The highest BCUT2D eigenvalue weighted by atomic mass is 16.6. The molecule has 0 aromatic rings. The van der Waals surface area contributed by atoms with Crippen LogP contribution in [0.4, 0.5) is 4.79 Å². The fraction of sp³-hybridized carbons (Fsp3) is 0.833. The molecule has 1 rings (SSSR count). The fourth-order valence-electron chi connectivity index (χ4n) is 4.52. The fourth-order valence-corrected chi connectivity index (χ4v) is 4.52. The van der Waals surface area contributed by atoms with Crippen LogP contribution in [0.25, 0.3) is 0 Å². The molecule has 7 nitrogen and oxygen atoms in total. The quantitative estimate of drug-likeness (QED) is 0.496. The molecular weight excluding hydrogens is 394 g/mol. The summed E-state index contributed by atoms with van der Waals surface area (Å²) in [6.45, 7) is 19.4. The molecule has 0 bridgehead atoms. The van der Waals surface area contributed by atoms with E-state index in [0.29, 0.717) is 25.7 Å². The van der Waals surface area contributed by atoms with Crippen molar-refractivity contribution in [2.75, 3.05) is 0 Å². The number of rotatable bonds is 7. The minimum Gasteiger partial charge on any atom is -0.444 e. The maximum absolute atomic E-state index is 12.7. The van der Waals surface area contributed by atoms with Crippen molar-refractivity contribution < 1.29 is 19.5 Å². The smallest absolute Gasteiger partial charge is 0.408 e. The van der Waals surface area contributed by atoms with Crippen LogP contribution in [0.15, 0.2) is 11.6 Å².